The summed E-state index contributed by atoms with van der Waals surface area (Å²) < 4.78 is 0. The number of hydrogen-bond donors (Lipinski definition) is 2. The van der Waals surface area contributed by atoms with Crippen LogP contribution in [-0.2, 0) is 4.79 Å². The zero-order valence-electron chi connectivity index (χ0n) is 13.6. The Morgan fingerprint density at radius 1 is 1.32 bits per heavy atom. The van der Waals surface area contributed by atoms with Crippen LogP contribution in [0, 0.1) is 5.41 Å². The van der Waals surface area contributed by atoms with E-state index in [9.17, 15) is 9.90 Å². The second-order valence-electron chi connectivity index (χ2n) is 7.98. The second-order valence-corrected chi connectivity index (χ2v) is 7.98. The maximum atomic E-state index is 12.4. The molecule has 3 saturated heterocycles. The van der Waals surface area contributed by atoms with Gasteiger partial charge in [-0.2, -0.15) is 0 Å². The number of nitrogens with one attached hydrogen (secondary N) is 1. The zero-order valence-corrected chi connectivity index (χ0v) is 13.6. The molecule has 3 aliphatic heterocycles. The van der Waals surface area contributed by atoms with Crippen molar-refractivity contribution in [3.63, 3.8) is 0 Å². The maximum Gasteiger partial charge on any atom is 0.239 e. The number of carbonyl (C=O) groups excluding carboxylic acids is 1. The molecular weight excluding hydrogens is 278 g/mol. The molecule has 0 aromatic carbocycles. The third-order valence-electron chi connectivity index (χ3n) is 6.64. The number of nitrogens with zero attached hydrogens (tertiary/aromatic N) is 2. The molecule has 0 aromatic rings. The molecule has 4 aliphatic rings. The van der Waals surface area contributed by atoms with Crippen molar-refractivity contribution < 1.29 is 9.90 Å². The van der Waals surface area contributed by atoms with Gasteiger partial charge in [-0.25, -0.2) is 0 Å². The third-order valence-corrected chi connectivity index (χ3v) is 6.64. The summed E-state index contributed by atoms with van der Waals surface area (Å²) in [6.45, 7) is 5.91. The number of aliphatic hydroxyl groups is 1. The Morgan fingerprint density at radius 3 is 2.86 bits per heavy atom. The van der Waals surface area contributed by atoms with Crippen LogP contribution >= 0.6 is 0 Å². The number of aliphatic hydroxyl groups excluding tert-OH is 1. The monoisotopic (exact) mass is 307 g/mol. The van der Waals surface area contributed by atoms with Crippen LogP contribution < -0.4 is 5.32 Å². The average molecular weight is 307 g/mol. The summed E-state index contributed by atoms with van der Waals surface area (Å²) in [6.07, 6.45) is 6.82. The molecule has 4 atom stereocenters. The van der Waals surface area contributed by atoms with Crippen LogP contribution in [0.1, 0.15) is 45.4 Å². The van der Waals surface area contributed by atoms with E-state index < -0.39 is 0 Å². The lowest BCUT2D eigenvalue weighted by Gasteiger charge is -2.40. The summed E-state index contributed by atoms with van der Waals surface area (Å²) in [6, 6.07) is 0.801. The molecule has 5 nitrogen and oxygen atoms in total. The zero-order chi connectivity index (χ0) is 15.3. The van der Waals surface area contributed by atoms with Gasteiger partial charge in [0.1, 0.15) is 0 Å². The van der Waals surface area contributed by atoms with Crippen molar-refractivity contribution in [2.24, 2.45) is 5.41 Å². The lowest BCUT2D eigenvalue weighted by atomic mass is 9.90. The van der Waals surface area contributed by atoms with Gasteiger partial charge in [0.25, 0.3) is 0 Å². The summed E-state index contributed by atoms with van der Waals surface area (Å²) in [4.78, 5) is 17.0. The molecule has 1 unspecified atom stereocenters. The van der Waals surface area contributed by atoms with Crippen LogP contribution in [0.15, 0.2) is 0 Å². The van der Waals surface area contributed by atoms with Crippen LogP contribution in [0.3, 0.4) is 0 Å². The van der Waals surface area contributed by atoms with Crippen molar-refractivity contribution in [3.05, 3.63) is 0 Å². The first-order valence-electron chi connectivity index (χ1n) is 9.05. The molecule has 0 aromatic heterocycles. The van der Waals surface area contributed by atoms with E-state index in [0.717, 1.165) is 51.9 Å². The minimum Gasteiger partial charge on any atom is -0.391 e. The Kier molecular flexibility index (Phi) is 3.70. The molecule has 1 amide bonds. The van der Waals surface area contributed by atoms with Gasteiger partial charge in [0.2, 0.25) is 5.91 Å². The van der Waals surface area contributed by atoms with E-state index in [4.69, 9.17) is 0 Å². The van der Waals surface area contributed by atoms with Crippen molar-refractivity contribution in [3.8, 4) is 0 Å². The highest BCUT2D eigenvalue weighted by atomic mass is 16.3. The van der Waals surface area contributed by atoms with E-state index in [1.54, 1.807) is 0 Å². The number of likely N-dealkylation sites (tertiary alicyclic amines) is 1. The first kappa shape index (κ1) is 14.9. The fraction of sp³-hybridized carbons (Fsp3) is 0.941. The van der Waals surface area contributed by atoms with Crippen molar-refractivity contribution >= 4 is 5.91 Å². The molecule has 4 fully saturated rings. The molecule has 124 valence electrons. The van der Waals surface area contributed by atoms with E-state index in [1.165, 1.54) is 12.8 Å². The topological polar surface area (TPSA) is 55.8 Å². The first-order chi connectivity index (χ1) is 10.6. The third kappa shape index (κ3) is 2.47. The SMILES string of the molecule is C[C@@H]1NC[C@@H]2CCC(CCN3CCC4(CC4)[C@H](O)C3)N2C1=O. The Balaban J connectivity index is 1.31. The summed E-state index contributed by atoms with van der Waals surface area (Å²) >= 11 is 0. The van der Waals surface area contributed by atoms with Crippen molar-refractivity contribution in [1.82, 2.24) is 15.1 Å². The van der Waals surface area contributed by atoms with Gasteiger partial charge in [0.05, 0.1) is 12.1 Å². The quantitative estimate of drug-likeness (QED) is 0.801. The molecular formula is C17H29N3O2. The second kappa shape index (κ2) is 5.46. The smallest absolute Gasteiger partial charge is 0.239 e. The largest absolute Gasteiger partial charge is 0.391 e. The van der Waals surface area contributed by atoms with Gasteiger partial charge in [-0.1, -0.05) is 0 Å². The number of fused-ring (bicyclic) bond motifs is 1. The Bertz CT molecular complexity index is 451. The molecule has 1 spiro atoms. The number of amides is 1. The summed E-state index contributed by atoms with van der Waals surface area (Å²) in [5.74, 6) is 0.286. The van der Waals surface area contributed by atoms with Gasteiger partial charge in [0.15, 0.2) is 0 Å². The van der Waals surface area contributed by atoms with Gasteiger partial charge in [-0.15, -0.1) is 0 Å². The molecule has 4 rings (SSSR count). The number of rotatable bonds is 3. The van der Waals surface area contributed by atoms with Gasteiger partial charge in [0, 0.05) is 31.7 Å². The molecule has 1 saturated carbocycles. The number of β-amino-alcohol motifs (C(OH)–C–C–N with tert-alkyl or cyclic N) is 1. The van der Waals surface area contributed by atoms with Crippen molar-refractivity contribution in [2.75, 3.05) is 26.2 Å². The number of piperazine rings is 1. The van der Waals surface area contributed by atoms with E-state index >= 15 is 0 Å². The Hall–Kier alpha value is -0.650. The van der Waals surface area contributed by atoms with Crippen LogP contribution in [0.2, 0.25) is 0 Å². The highest BCUT2D eigenvalue weighted by molar-refractivity contribution is 5.83. The van der Waals surface area contributed by atoms with Gasteiger partial charge in [-0.3, -0.25) is 4.79 Å². The Labute approximate surface area is 133 Å². The van der Waals surface area contributed by atoms with Crippen LogP contribution in [0.5, 0.6) is 0 Å². The molecule has 0 radical (unpaired) electrons. The van der Waals surface area contributed by atoms with Crippen molar-refractivity contribution in [2.45, 2.75) is 69.7 Å². The van der Waals surface area contributed by atoms with Crippen LogP contribution in [0.25, 0.3) is 0 Å². The van der Waals surface area contributed by atoms with E-state index in [2.05, 4.69) is 15.1 Å². The maximum absolute atomic E-state index is 12.4. The Morgan fingerprint density at radius 2 is 2.14 bits per heavy atom. The fourth-order valence-corrected chi connectivity index (χ4v) is 4.78. The van der Waals surface area contributed by atoms with E-state index in [-0.39, 0.29) is 18.1 Å². The van der Waals surface area contributed by atoms with E-state index in [0.29, 0.717) is 17.5 Å². The highest BCUT2D eigenvalue weighted by Crippen LogP contribution is 2.53. The standard InChI is InChI=1S/C17H29N3O2/c1-12-16(22)20-13(2-3-14(20)10-18-12)4-8-19-9-7-17(5-6-17)15(21)11-19/h12-15,18,21H,2-11H2,1H3/t12-,13?,14-,15+/m0/s1. The average Bonchev–Trinajstić information content (AvgIpc) is 3.17. The predicted molar refractivity (Wildman–Crippen MR) is 84.5 cm³/mol. The first-order valence-corrected chi connectivity index (χ1v) is 9.05. The van der Waals surface area contributed by atoms with Crippen LogP contribution in [0.4, 0.5) is 0 Å². The van der Waals surface area contributed by atoms with Gasteiger partial charge >= 0.3 is 0 Å². The predicted octanol–water partition coefficient (Wildman–Crippen LogP) is 0.575. The normalized spacial score (nSPS) is 41.0. The fourth-order valence-electron chi connectivity index (χ4n) is 4.78. The van der Waals surface area contributed by atoms with Gasteiger partial charge < -0.3 is 20.2 Å². The lowest BCUT2D eigenvalue weighted by Crippen LogP contribution is -2.59. The molecule has 1 aliphatic carbocycles. The summed E-state index contributed by atoms with van der Waals surface area (Å²) in [5, 5.41) is 13.6. The van der Waals surface area contributed by atoms with Crippen LogP contribution in [-0.4, -0.2) is 71.2 Å². The number of hydrogen-bond acceptors (Lipinski definition) is 4. The minimum absolute atomic E-state index is 0.0246. The lowest BCUT2D eigenvalue weighted by molar-refractivity contribution is -0.138. The highest BCUT2D eigenvalue weighted by Gasteiger charge is 2.51. The summed E-state index contributed by atoms with van der Waals surface area (Å²) in [5.41, 5.74) is 0.291. The summed E-state index contributed by atoms with van der Waals surface area (Å²) in [7, 11) is 0. The minimum atomic E-state index is -0.126. The number of piperidine rings is 1. The van der Waals surface area contributed by atoms with Crippen molar-refractivity contribution in [1.29, 1.82) is 0 Å². The molecule has 5 heteroatoms. The number of carbonyl (C=O) groups is 1. The molecule has 2 N–H and O–H groups in total. The van der Waals surface area contributed by atoms with E-state index in [1.807, 2.05) is 6.92 Å². The molecule has 3 heterocycles. The van der Waals surface area contributed by atoms with Gasteiger partial charge in [-0.05, 0) is 57.4 Å². The molecule has 0 bridgehead atoms. The molecule has 22 heavy (non-hydrogen) atoms.